The van der Waals surface area contributed by atoms with Gasteiger partial charge in [-0.3, -0.25) is 4.79 Å². The minimum Gasteiger partial charge on any atom is -0.350 e. The highest BCUT2D eigenvalue weighted by Crippen LogP contribution is 2.19. The molecule has 1 saturated heterocycles. The van der Waals surface area contributed by atoms with Crippen molar-refractivity contribution < 1.29 is 4.79 Å². The van der Waals surface area contributed by atoms with E-state index in [1.54, 1.807) is 0 Å². The first-order chi connectivity index (χ1) is 11.1. The average Bonchev–Trinajstić information content (AvgIpc) is 3.20. The highest BCUT2D eigenvalue weighted by atomic mass is 35.5. The van der Waals surface area contributed by atoms with Crippen molar-refractivity contribution in [1.82, 2.24) is 30.8 Å². The summed E-state index contributed by atoms with van der Waals surface area (Å²) < 4.78 is 0. The zero-order chi connectivity index (χ0) is 16.2. The lowest BCUT2D eigenvalue weighted by molar-refractivity contribution is -0.126. The number of carbonyl (C=O) groups is 1. The second-order valence-corrected chi connectivity index (χ2v) is 6.19. The molecule has 2 atom stereocenters. The lowest BCUT2D eigenvalue weighted by atomic mass is 10.0. The monoisotopic (exact) mass is 350 g/mol. The average molecular weight is 351 g/mol. The third-order valence-corrected chi connectivity index (χ3v) is 4.02. The van der Waals surface area contributed by atoms with Crippen LogP contribution in [0.4, 0.5) is 0 Å². The Hall–Kier alpha value is -1.99. The number of rotatable bonds is 5. The summed E-state index contributed by atoms with van der Waals surface area (Å²) in [5, 5.41) is 18.9. The minimum absolute atomic E-state index is 0. The van der Waals surface area contributed by atoms with Crippen molar-refractivity contribution in [3.05, 3.63) is 30.3 Å². The van der Waals surface area contributed by atoms with Crippen LogP contribution in [-0.2, 0) is 4.79 Å². The molecular weight excluding hydrogens is 328 g/mol. The van der Waals surface area contributed by atoms with Gasteiger partial charge in [-0.1, -0.05) is 44.2 Å². The van der Waals surface area contributed by atoms with E-state index >= 15 is 0 Å². The Bertz CT molecular complexity index is 654. The highest BCUT2D eigenvalue weighted by molar-refractivity contribution is 5.85. The van der Waals surface area contributed by atoms with E-state index < -0.39 is 6.04 Å². The summed E-state index contributed by atoms with van der Waals surface area (Å²) in [5.41, 5.74) is 0.890. The van der Waals surface area contributed by atoms with Crippen molar-refractivity contribution in [2.45, 2.75) is 32.4 Å². The summed E-state index contributed by atoms with van der Waals surface area (Å²) in [6, 6.07) is 9.37. The Labute approximate surface area is 147 Å². The molecule has 1 aliphatic rings. The molecule has 1 aromatic heterocycles. The minimum atomic E-state index is -0.458. The molecule has 0 radical (unpaired) electrons. The molecule has 0 aliphatic carbocycles. The normalized spacial score (nSPS) is 18.2. The molecule has 130 valence electrons. The van der Waals surface area contributed by atoms with E-state index in [0.717, 1.165) is 25.1 Å². The van der Waals surface area contributed by atoms with Crippen molar-refractivity contribution in [2.75, 3.05) is 13.1 Å². The summed E-state index contributed by atoms with van der Waals surface area (Å²) in [7, 11) is 0. The summed E-state index contributed by atoms with van der Waals surface area (Å²) in [5.74, 6) is 0.555. The van der Waals surface area contributed by atoms with Gasteiger partial charge in [-0.05, 0) is 24.1 Å². The van der Waals surface area contributed by atoms with Gasteiger partial charge < -0.3 is 10.6 Å². The van der Waals surface area contributed by atoms with Gasteiger partial charge in [0.2, 0.25) is 11.7 Å². The molecule has 7 nitrogen and oxygen atoms in total. The third kappa shape index (κ3) is 4.10. The molecule has 2 N–H and O–H groups in total. The highest BCUT2D eigenvalue weighted by Gasteiger charge is 2.29. The lowest BCUT2D eigenvalue weighted by Crippen LogP contribution is -2.43. The van der Waals surface area contributed by atoms with Crippen molar-refractivity contribution in [1.29, 1.82) is 0 Å². The van der Waals surface area contributed by atoms with E-state index in [4.69, 9.17) is 0 Å². The fourth-order valence-corrected chi connectivity index (χ4v) is 2.78. The number of halogens is 1. The maximum atomic E-state index is 12.6. The molecule has 0 spiro atoms. The number of amides is 1. The van der Waals surface area contributed by atoms with Gasteiger partial charge in [0.25, 0.3) is 0 Å². The van der Waals surface area contributed by atoms with Gasteiger partial charge in [-0.2, -0.15) is 4.80 Å². The molecule has 3 rings (SSSR count). The standard InChI is InChI=1S/C16H22N6O.ClH/c1-11(2)14(16(23)18-13-8-9-17-10-13)22-20-15(19-21-22)12-6-4-3-5-7-12;/h3-7,11,13-14,17H,8-10H2,1-2H3,(H,18,23);1H. The lowest BCUT2D eigenvalue weighted by Gasteiger charge is -2.21. The fourth-order valence-electron chi connectivity index (χ4n) is 2.78. The predicted octanol–water partition coefficient (Wildman–Crippen LogP) is 1.44. The maximum absolute atomic E-state index is 12.6. The predicted molar refractivity (Wildman–Crippen MR) is 93.8 cm³/mol. The van der Waals surface area contributed by atoms with Gasteiger partial charge in [-0.15, -0.1) is 22.6 Å². The van der Waals surface area contributed by atoms with Crippen molar-refractivity contribution in [3.63, 3.8) is 0 Å². The van der Waals surface area contributed by atoms with Crippen LogP contribution in [0.25, 0.3) is 11.4 Å². The Balaban J connectivity index is 0.00000208. The van der Waals surface area contributed by atoms with Crippen LogP contribution in [-0.4, -0.2) is 45.2 Å². The summed E-state index contributed by atoms with van der Waals surface area (Å²) in [4.78, 5) is 14.1. The third-order valence-electron chi connectivity index (χ3n) is 4.02. The van der Waals surface area contributed by atoms with Gasteiger partial charge in [0.15, 0.2) is 6.04 Å². The van der Waals surface area contributed by atoms with Crippen LogP contribution in [0.15, 0.2) is 30.3 Å². The number of aromatic nitrogens is 4. The number of carbonyl (C=O) groups excluding carboxylic acids is 1. The Kier molecular flexibility index (Phi) is 6.28. The van der Waals surface area contributed by atoms with Crippen LogP contribution >= 0.6 is 12.4 Å². The topological polar surface area (TPSA) is 84.7 Å². The van der Waals surface area contributed by atoms with Crippen molar-refractivity contribution in [3.8, 4) is 11.4 Å². The first-order valence-corrected chi connectivity index (χ1v) is 8.01. The first-order valence-electron chi connectivity index (χ1n) is 8.01. The zero-order valence-corrected chi connectivity index (χ0v) is 14.7. The van der Waals surface area contributed by atoms with Crippen LogP contribution in [0.1, 0.15) is 26.3 Å². The number of benzene rings is 1. The Morgan fingerprint density at radius 1 is 1.33 bits per heavy atom. The van der Waals surface area contributed by atoms with E-state index in [-0.39, 0.29) is 30.3 Å². The Morgan fingerprint density at radius 3 is 2.71 bits per heavy atom. The van der Waals surface area contributed by atoms with E-state index in [1.807, 2.05) is 44.2 Å². The van der Waals surface area contributed by atoms with Gasteiger partial charge in [-0.25, -0.2) is 0 Å². The van der Waals surface area contributed by atoms with Gasteiger partial charge in [0.1, 0.15) is 0 Å². The number of hydrogen-bond acceptors (Lipinski definition) is 5. The molecular formula is C16H23ClN6O. The van der Waals surface area contributed by atoms with Crippen molar-refractivity contribution in [2.24, 2.45) is 5.92 Å². The molecule has 0 saturated carbocycles. The molecule has 1 aromatic carbocycles. The second kappa shape index (κ2) is 8.21. The number of nitrogens with zero attached hydrogens (tertiary/aromatic N) is 4. The summed E-state index contributed by atoms with van der Waals surface area (Å²) >= 11 is 0. The summed E-state index contributed by atoms with van der Waals surface area (Å²) in [6.07, 6.45) is 0.955. The van der Waals surface area contributed by atoms with E-state index in [1.165, 1.54) is 4.80 Å². The number of hydrogen-bond donors (Lipinski definition) is 2. The van der Waals surface area contributed by atoms with Gasteiger partial charge >= 0.3 is 0 Å². The molecule has 2 unspecified atom stereocenters. The van der Waals surface area contributed by atoms with E-state index in [9.17, 15) is 4.79 Å². The molecule has 8 heteroatoms. The van der Waals surface area contributed by atoms with Crippen LogP contribution < -0.4 is 10.6 Å². The molecule has 1 amide bonds. The van der Waals surface area contributed by atoms with Crippen LogP contribution in [0.3, 0.4) is 0 Å². The quantitative estimate of drug-likeness (QED) is 0.852. The van der Waals surface area contributed by atoms with Gasteiger partial charge in [0.05, 0.1) is 0 Å². The Morgan fingerprint density at radius 2 is 2.08 bits per heavy atom. The van der Waals surface area contributed by atoms with E-state index in [2.05, 4.69) is 26.0 Å². The van der Waals surface area contributed by atoms with E-state index in [0.29, 0.717) is 5.82 Å². The van der Waals surface area contributed by atoms with Crippen LogP contribution in [0.2, 0.25) is 0 Å². The summed E-state index contributed by atoms with van der Waals surface area (Å²) in [6.45, 7) is 5.74. The molecule has 2 aromatic rings. The molecule has 24 heavy (non-hydrogen) atoms. The van der Waals surface area contributed by atoms with Crippen LogP contribution in [0, 0.1) is 5.92 Å². The molecule has 2 heterocycles. The smallest absolute Gasteiger partial charge is 0.247 e. The molecule has 1 fully saturated rings. The first kappa shape index (κ1) is 18.4. The van der Waals surface area contributed by atoms with Crippen molar-refractivity contribution >= 4 is 18.3 Å². The number of tetrazole rings is 1. The number of nitrogens with one attached hydrogen (secondary N) is 2. The SMILES string of the molecule is CC(C)C(C(=O)NC1CCNC1)n1nnc(-c2ccccc2)n1.Cl. The largest absolute Gasteiger partial charge is 0.350 e. The molecule has 1 aliphatic heterocycles. The van der Waals surface area contributed by atoms with Gasteiger partial charge in [0, 0.05) is 18.2 Å². The molecule has 0 bridgehead atoms. The maximum Gasteiger partial charge on any atom is 0.247 e. The zero-order valence-electron chi connectivity index (χ0n) is 13.8. The fraction of sp³-hybridized carbons (Fsp3) is 0.500. The second-order valence-electron chi connectivity index (χ2n) is 6.19. The van der Waals surface area contributed by atoms with Crippen LogP contribution in [0.5, 0.6) is 0 Å².